The number of hydrogen-bond acceptors (Lipinski definition) is 4. The van der Waals surface area contributed by atoms with Gasteiger partial charge in [-0.05, 0) is 26.0 Å². The maximum Gasteiger partial charge on any atom is 0.411 e. The highest BCUT2D eigenvalue weighted by Gasteiger charge is 2.05. The van der Waals surface area contributed by atoms with Gasteiger partial charge in [0.2, 0.25) is 0 Å². The van der Waals surface area contributed by atoms with Crippen molar-refractivity contribution in [3.8, 4) is 0 Å². The Morgan fingerprint density at radius 2 is 2.31 bits per heavy atom. The molecule has 0 aliphatic rings. The summed E-state index contributed by atoms with van der Waals surface area (Å²) in [4.78, 5) is 15.3. The van der Waals surface area contributed by atoms with E-state index in [9.17, 15) is 4.79 Å². The van der Waals surface area contributed by atoms with E-state index in [0.717, 1.165) is 5.69 Å². The first-order chi connectivity index (χ1) is 7.61. The fourth-order valence-corrected chi connectivity index (χ4v) is 1.12. The number of nitrogens with one attached hydrogen (secondary N) is 1. The normalized spacial score (nSPS) is 10.2. The Bertz CT molecular complexity index is 336. The van der Waals surface area contributed by atoms with Gasteiger partial charge in [-0.3, -0.25) is 10.3 Å². The van der Waals surface area contributed by atoms with Gasteiger partial charge < -0.3 is 9.84 Å². The molecule has 1 aromatic heterocycles. The molecule has 0 aliphatic heterocycles. The number of carbonyl (C=O) groups is 1. The van der Waals surface area contributed by atoms with Crippen LogP contribution in [0.4, 0.5) is 10.5 Å². The highest BCUT2D eigenvalue weighted by molar-refractivity contribution is 5.84. The second kappa shape index (κ2) is 6.07. The Labute approximate surface area is 94.5 Å². The average molecular weight is 224 g/mol. The number of amides is 1. The lowest BCUT2D eigenvalue weighted by Gasteiger charge is -2.09. The van der Waals surface area contributed by atoms with Crippen LogP contribution in [0.15, 0.2) is 18.3 Å². The van der Waals surface area contributed by atoms with E-state index in [1.165, 1.54) is 6.20 Å². The molecule has 16 heavy (non-hydrogen) atoms. The molecule has 1 amide bonds. The molecule has 0 aliphatic carbocycles. The van der Waals surface area contributed by atoms with Gasteiger partial charge in [0.1, 0.15) is 0 Å². The molecule has 5 nitrogen and oxygen atoms in total. The first kappa shape index (κ1) is 12.4. The van der Waals surface area contributed by atoms with Gasteiger partial charge in [-0.15, -0.1) is 0 Å². The minimum atomic E-state index is -0.494. The number of aliphatic hydroxyl groups is 1. The van der Waals surface area contributed by atoms with Crippen LogP contribution >= 0.6 is 0 Å². The Morgan fingerprint density at radius 1 is 1.56 bits per heavy atom. The number of hydrogen-bond donors (Lipinski definition) is 2. The monoisotopic (exact) mass is 224 g/mol. The predicted octanol–water partition coefficient (Wildman–Crippen LogP) is 1.57. The maximum absolute atomic E-state index is 11.2. The van der Waals surface area contributed by atoms with Gasteiger partial charge >= 0.3 is 6.09 Å². The zero-order valence-corrected chi connectivity index (χ0v) is 9.43. The number of carbonyl (C=O) groups excluding carboxylic acids is 1. The van der Waals surface area contributed by atoms with Crippen LogP contribution in [0.5, 0.6) is 0 Å². The van der Waals surface area contributed by atoms with Crippen molar-refractivity contribution in [1.82, 2.24) is 4.98 Å². The van der Waals surface area contributed by atoms with Crippen molar-refractivity contribution in [2.75, 3.05) is 11.9 Å². The van der Waals surface area contributed by atoms with Gasteiger partial charge in [0, 0.05) is 18.7 Å². The predicted molar refractivity (Wildman–Crippen MR) is 60.3 cm³/mol. The summed E-state index contributed by atoms with van der Waals surface area (Å²) < 4.78 is 4.91. The lowest BCUT2D eigenvalue weighted by molar-refractivity contribution is 0.130. The summed E-state index contributed by atoms with van der Waals surface area (Å²) in [6.07, 6.45) is 1.40. The van der Waals surface area contributed by atoms with Crippen LogP contribution < -0.4 is 5.32 Å². The molecule has 0 saturated heterocycles. The lowest BCUT2D eigenvalue weighted by Crippen LogP contribution is -2.18. The molecule has 0 unspecified atom stereocenters. The summed E-state index contributed by atoms with van der Waals surface area (Å²) in [7, 11) is 0. The zero-order valence-electron chi connectivity index (χ0n) is 9.43. The average Bonchev–Trinajstić information content (AvgIpc) is 2.20. The third-order valence-corrected chi connectivity index (χ3v) is 1.78. The van der Waals surface area contributed by atoms with Crippen LogP contribution in [0.1, 0.15) is 19.5 Å². The quantitative estimate of drug-likeness (QED) is 0.814. The van der Waals surface area contributed by atoms with Gasteiger partial charge in [0.05, 0.1) is 18.0 Å². The molecule has 88 valence electrons. The molecule has 5 heteroatoms. The van der Waals surface area contributed by atoms with Gasteiger partial charge in [0.15, 0.2) is 0 Å². The van der Waals surface area contributed by atoms with Gasteiger partial charge in [0.25, 0.3) is 0 Å². The number of ether oxygens (including phenoxy) is 1. The smallest absolute Gasteiger partial charge is 0.411 e. The molecule has 0 aromatic carbocycles. The minimum Gasteiger partial charge on any atom is -0.447 e. The van der Waals surface area contributed by atoms with E-state index in [-0.39, 0.29) is 12.7 Å². The summed E-state index contributed by atoms with van der Waals surface area (Å²) >= 11 is 0. The summed E-state index contributed by atoms with van der Waals surface area (Å²) in [5.41, 5.74) is 1.36. The molecule has 0 atom stereocenters. The summed E-state index contributed by atoms with van der Waals surface area (Å²) in [5, 5.41) is 11.3. The molecule has 0 radical (unpaired) electrons. The van der Waals surface area contributed by atoms with Crippen LogP contribution in [0.3, 0.4) is 0 Å². The van der Waals surface area contributed by atoms with Crippen LogP contribution in [-0.2, 0) is 11.2 Å². The van der Waals surface area contributed by atoms with Crippen LogP contribution in [0, 0.1) is 0 Å². The number of nitrogens with zero attached hydrogens (tertiary/aromatic N) is 1. The van der Waals surface area contributed by atoms with Crippen LogP contribution in [0.25, 0.3) is 0 Å². The van der Waals surface area contributed by atoms with Crippen molar-refractivity contribution >= 4 is 11.8 Å². The van der Waals surface area contributed by atoms with E-state index in [4.69, 9.17) is 9.84 Å². The summed E-state index contributed by atoms with van der Waals surface area (Å²) in [6.45, 7) is 3.62. The molecule has 0 spiro atoms. The fourth-order valence-electron chi connectivity index (χ4n) is 1.12. The van der Waals surface area contributed by atoms with Crippen molar-refractivity contribution in [2.24, 2.45) is 0 Å². The molecule has 1 rings (SSSR count). The van der Waals surface area contributed by atoms with E-state index >= 15 is 0 Å². The minimum absolute atomic E-state index is 0.0646. The highest BCUT2D eigenvalue weighted by atomic mass is 16.6. The molecule has 1 heterocycles. The van der Waals surface area contributed by atoms with Gasteiger partial charge in [-0.2, -0.15) is 0 Å². The lowest BCUT2D eigenvalue weighted by atomic mass is 10.3. The van der Waals surface area contributed by atoms with Gasteiger partial charge in [-0.1, -0.05) is 0 Å². The molecule has 0 fully saturated rings. The molecule has 0 saturated carbocycles. The maximum atomic E-state index is 11.2. The van der Waals surface area contributed by atoms with E-state index in [1.54, 1.807) is 26.0 Å². The highest BCUT2D eigenvalue weighted by Crippen LogP contribution is 2.07. The van der Waals surface area contributed by atoms with Crippen molar-refractivity contribution in [3.05, 3.63) is 24.0 Å². The van der Waals surface area contributed by atoms with E-state index in [2.05, 4.69) is 10.3 Å². The number of anilines is 1. The Kier molecular flexibility index (Phi) is 4.72. The van der Waals surface area contributed by atoms with Crippen molar-refractivity contribution in [3.63, 3.8) is 0 Å². The first-order valence-electron chi connectivity index (χ1n) is 5.15. The third kappa shape index (κ3) is 4.27. The first-order valence-corrected chi connectivity index (χ1v) is 5.15. The standard InChI is InChI=1S/C11H16N2O3/c1-8(2)16-11(15)13-10-4-3-9(5-6-14)12-7-10/h3-4,7-8,14H,5-6H2,1-2H3,(H,13,15). The van der Waals surface area contributed by atoms with E-state index < -0.39 is 6.09 Å². The van der Waals surface area contributed by atoms with Crippen molar-refractivity contribution < 1.29 is 14.6 Å². The largest absolute Gasteiger partial charge is 0.447 e. The molecular weight excluding hydrogens is 208 g/mol. The second-order valence-electron chi connectivity index (χ2n) is 3.59. The molecular formula is C11H16N2O3. The summed E-state index contributed by atoms with van der Waals surface area (Å²) in [5.74, 6) is 0. The third-order valence-electron chi connectivity index (χ3n) is 1.78. The van der Waals surface area contributed by atoms with E-state index in [1.807, 2.05) is 0 Å². The fraction of sp³-hybridized carbons (Fsp3) is 0.455. The molecule has 1 aromatic rings. The zero-order chi connectivity index (χ0) is 12.0. The number of aliphatic hydroxyl groups excluding tert-OH is 1. The molecule has 0 bridgehead atoms. The Morgan fingerprint density at radius 3 is 2.81 bits per heavy atom. The Balaban J connectivity index is 2.51. The SMILES string of the molecule is CC(C)OC(=O)Nc1ccc(CCO)nc1. The van der Waals surface area contributed by atoms with E-state index in [0.29, 0.717) is 12.1 Å². The van der Waals surface area contributed by atoms with Crippen molar-refractivity contribution in [2.45, 2.75) is 26.4 Å². The van der Waals surface area contributed by atoms with Gasteiger partial charge in [-0.25, -0.2) is 4.79 Å². The second-order valence-corrected chi connectivity index (χ2v) is 3.59. The topological polar surface area (TPSA) is 71.5 Å². The van der Waals surface area contributed by atoms with Crippen LogP contribution in [-0.4, -0.2) is 28.9 Å². The number of pyridine rings is 1. The Hall–Kier alpha value is -1.62. The van der Waals surface area contributed by atoms with Crippen molar-refractivity contribution in [1.29, 1.82) is 0 Å². The number of aromatic nitrogens is 1. The van der Waals surface area contributed by atoms with Crippen LogP contribution in [0.2, 0.25) is 0 Å². The molecule has 2 N–H and O–H groups in total. The summed E-state index contributed by atoms with van der Waals surface area (Å²) in [6, 6.07) is 3.47. The number of rotatable bonds is 4.